The molecule has 12 heteroatoms. The van der Waals surface area contributed by atoms with E-state index in [1.165, 1.54) is 24.5 Å². The fourth-order valence-corrected chi connectivity index (χ4v) is 4.90. The third-order valence-corrected chi connectivity index (χ3v) is 6.88. The zero-order valence-electron chi connectivity index (χ0n) is 20.2. The molecule has 1 aromatic carbocycles. The van der Waals surface area contributed by atoms with Crippen LogP contribution in [0.3, 0.4) is 0 Å². The predicted molar refractivity (Wildman–Crippen MR) is 141 cm³/mol. The highest BCUT2D eigenvalue weighted by atomic mass is 35.5. The maximum atomic E-state index is 13.5. The Balaban J connectivity index is 1.61. The summed E-state index contributed by atoms with van der Waals surface area (Å²) in [5.41, 5.74) is -0.940. The lowest BCUT2D eigenvalue weighted by atomic mass is 10.0. The van der Waals surface area contributed by atoms with Gasteiger partial charge in [0.05, 0.1) is 16.3 Å². The Labute approximate surface area is 220 Å². The summed E-state index contributed by atoms with van der Waals surface area (Å²) in [5, 5.41) is 12.0. The number of piperidine rings is 1. The molecule has 1 aromatic heterocycles. The van der Waals surface area contributed by atoms with Crippen LogP contribution >= 0.6 is 11.6 Å². The number of hydrogen-bond acceptors (Lipinski definition) is 8. The molecule has 1 saturated heterocycles. The third kappa shape index (κ3) is 7.09. The van der Waals surface area contributed by atoms with E-state index >= 15 is 0 Å². The molecule has 196 valence electrons. The number of pyridine rings is 1. The Morgan fingerprint density at radius 1 is 1.19 bits per heavy atom. The number of dihydropyridines is 1. The summed E-state index contributed by atoms with van der Waals surface area (Å²) in [4.78, 5) is 30.9. The minimum Gasteiger partial charge on any atom is -0.489 e. The summed E-state index contributed by atoms with van der Waals surface area (Å²) >= 11 is 5.88. The Bertz CT molecular complexity index is 1320. The smallest absolute Gasteiger partial charge is 0.276 e. The van der Waals surface area contributed by atoms with Gasteiger partial charge in [0, 0.05) is 12.5 Å². The minimum absolute atomic E-state index is 0.134. The van der Waals surface area contributed by atoms with Gasteiger partial charge < -0.3 is 26.0 Å². The van der Waals surface area contributed by atoms with Gasteiger partial charge in [0.1, 0.15) is 17.7 Å². The van der Waals surface area contributed by atoms with Crippen molar-refractivity contribution in [1.82, 2.24) is 20.9 Å². The van der Waals surface area contributed by atoms with Crippen LogP contribution in [0.15, 0.2) is 61.0 Å². The Morgan fingerprint density at radius 3 is 2.62 bits per heavy atom. The highest BCUT2D eigenvalue weighted by Gasteiger charge is 2.39. The fourth-order valence-electron chi connectivity index (χ4n) is 4.01. The second kappa shape index (κ2) is 11.3. The van der Waals surface area contributed by atoms with Crippen LogP contribution in [-0.2, 0) is 20.4 Å². The van der Waals surface area contributed by atoms with Crippen LogP contribution in [0.25, 0.3) is 0 Å². The van der Waals surface area contributed by atoms with E-state index in [0.29, 0.717) is 10.6 Å². The molecule has 2 aliphatic rings. The highest BCUT2D eigenvalue weighted by molar-refractivity contribution is 7.89. The zero-order chi connectivity index (χ0) is 26.5. The molecule has 0 spiro atoms. The molecular weight excluding hydrogens is 518 g/mol. The molecule has 37 heavy (non-hydrogen) atoms. The highest BCUT2D eigenvalue weighted by Crippen LogP contribution is 2.26. The van der Waals surface area contributed by atoms with Gasteiger partial charge in [-0.15, -0.1) is 0 Å². The lowest BCUT2D eigenvalue weighted by molar-refractivity contribution is -0.121. The first-order chi connectivity index (χ1) is 17.6. The van der Waals surface area contributed by atoms with E-state index in [9.17, 15) is 18.0 Å². The van der Waals surface area contributed by atoms with Gasteiger partial charge >= 0.3 is 0 Å². The average Bonchev–Trinajstić information content (AvgIpc) is 2.86. The zero-order valence-corrected chi connectivity index (χ0v) is 21.7. The standard InChI is InChI=1S/C25H28ClN5O5S/c1-37(34,35)16-17-4-6-20(21(14-17)36-19-8-12-27-13-9-19)23(32)31-25(10-2-3-11-29-25)24(33)30-22-7-5-18(26)15-28-22/h2-7,10-11,14-15,19,27,29H,8-9,12-13,16H2,1H3,(H,31,32)(H,28,30,33). The number of hydrogen-bond donors (Lipinski definition) is 4. The average molecular weight is 546 g/mol. The summed E-state index contributed by atoms with van der Waals surface area (Å²) in [7, 11) is -3.30. The number of rotatable bonds is 8. The number of ether oxygens (including phenoxy) is 1. The van der Waals surface area contributed by atoms with Gasteiger partial charge in [-0.3, -0.25) is 9.59 Å². The van der Waals surface area contributed by atoms with E-state index in [2.05, 4.69) is 26.3 Å². The molecule has 1 fully saturated rings. The van der Waals surface area contributed by atoms with E-state index in [-0.39, 0.29) is 29.0 Å². The van der Waals surface area contributed by atoms with Crippen molar-refractivity contribution in [1.29, 1.82) is 0 Å². The van der Waals surface area contributed by atoms with Crippen LogP contribution in [0.5, 0.6) is 5.75 Å². The molecular formula is C25H28ClN5O5S. The normalized spacial score (nSPS) is 19.6. The van der Waals surface area contributed by atoms with Crippen molar-refractivity contribution < 1.29 is 22.7 Å². The number of benzene rings is 1. The van der Waals surface area contributed by atoms with Crippen LogP contribution in [0.2, 0.25) is 5.02 Å². The van der Waals surface area contributed by atoms with Crippen LogP contribution in [0, 0.1) is 0 Å². The van der Waals surface area contributed by atoms with Crippen molar-refractivity contribution in [3.8, 4) is 5.75 Å². The lowest BCUT2D eigenvalue weighted by Gasteiger charge is -2.32. The number of carbonyl (C=O) groups is 2. The maximum Gasteiger partial charge on any atom is 0.276 e. The first-order valence-corrected chi connectivity index (χ1v) is 14.1. The van der Waals surface area contributed by atoms with Crippen LogP contribution in [-0.4, -0.2) is 56.3 Å². The molecule has 4 rings (SSSR count). The fraction of sp³-hybridized carbons (Fsp3) is 0.320. The molecule has 10 nitrogen and oxygen atoms in total. The Morgan fingerprint density at radius 2 is 1.97 bits per heavy atom. The summed E-state index contributed by atoms with van der Waals surface area (Å²) in [6.45, 7) is 1.55. The largest absolute Gasteiger partial charge is 0.489 e. The maximum absolute atomic E-state index is 13.5. The first kappa shape index (κ1) is 26.6. The number of halogens is 1. The number of amides is 2. The van der Waals surface area contributed by atoms with E-state index in [1.54, 1.807) is 36.4 Å². The first-order valence-electron chi connectivity index (χ1n) is 11.7. The number of sulfone groups is 1. The Kier molecular flexibility index (Phi) is 8.16. The molecule has 2 aromatic rings. The summed E-state index contributed by atoms with van der Waals surface area (Å²) in [6.07, 6.45) is 10.3. The molecule has 1 atom stereocenters. The van der Waals surface area contributed by atoms with Gasteiger partial charge in [-0.2, -0.15) is 0 Å². The molecule has 0 aliphatic carbocycles. The van der Waals surface area contributed by atoms with E-state index in [0.717, 1.165) is 32.2 Å². The molecule has 2 aliphatic heterocycles. The SMILES string of the molecule is CS(=O)(=O)Cc1ccc(C(=O)NC2(C(=O)Nc3ccc(Cl)cn3)C=CC=CN2)c(OC2CCNCC2)c1. The lowest BCUT2D eigenvalue weighted by Crippen LogP contribution is -2.63. The predicted octanol–water partition coefficient (Wildman–Crippen LogP) is 2.15. The molecule has 0 bridgehead atoms. The van der Waals surface area contributed by atoms with Crippen molar-refractivity contribution >= 4 is 39.1 Å². The van der Waals surface area contributed by atoms with Crippen molar-refractivity contribution in [3.05, 3.63) is 77.1 Å². The molecule has 4 N–H and O–H groups in total. The molecule has 1 unspecified atom stereocenters. The number of anilines is 1. The van der Waals surface area contributed by atoms with Crippen molar-refractivity contribution in [2.75, 3.05) is 24.7 Å². The van der Waals surface area contributed by atoms with Crippen molar-refractivity contribution in [2.24, 2.45) is 0 Å². The molecule has 3 heterocycles. The third-order valence-electron chi connectivity index (χ3n) is 5.80. The summed E-state index contributed by atoms with van der Waals surface area (Å²) in [5.74, 6) is -0.830. The van der Waals surface area contributed by atoms with Gasteiger partial charge in [-0.25, -0.2) is 13.4 Å². The van der Waals surface area contributed by atoms with Gasteiger partial charge in [-0.1, -0.05) is 23.7 Å². The minimum atomic E-state index is -3.30. The van der Waals surface area contributed by atoms with Gasteiger partial charge in [0.2, 0.25) is 5.66 Å². The van der Waals surface area contributed by atoms with Crippen molar-refractivity contribution in [3.63, 3.8) is 0 Å². The van der Waals surface area contributed by atoms with Crippen LogP contribution in [0.1, 0.15) is 28.8 Å². The quantitative estimate of drug-likeness (QED) is 0.396. The Hall–Kier alpha value is -3.41. The monoisotopic (exact) mass is 545 g/mol. The van der Waals surface area contributed by atoms with Gasteiger partial charge in [0.25, 0.3) is 11.8 Å². The number of aromatic nitrogens is 1. The van der Waals surface area contributed by atoms with Crippen LogP contribution < -0.4 is 26.0 Å². The molecule has 0 saturated carbocycles. The molecule has 0 radical (unpaired) electrons. The van der Waals surface area contributed by atoms with Crippen molar-refractivity contribution in [2.45, 2.75) is 30.4 Å². The number of carbonyl (C=O) groups excluding carboxylic acids is 2. The number of nitrogens with one attached hydrogen (secondary N) is 4. The van der Waals surface area contributed by atoms with Gasteiger partial charge in [-0.05, 0) is 74.1 Å². The second-order valence-corrected chi connectivity index (χ2v) is 11.5. The number of nitrogens with zero attached hydrogens (tertiary/aromatic N) is 1. The summed E-state index contributed by atoms with van der Waals surface area (Å²) in [6, 6.07) is 7.79. The van der Waals surface area contributed by atoms with E-state index in [4.69, 9.17) is 16.3 Å². The van der Waals surface area contributed by atoms with Crippen LogP contribution in [0.4, 0.5) is 5.82 Å². The molecule has 2 amide bonds. The topological polar surface area (TPSA) is 139 Å². The summed E-state index contributed by atoms with van der Waals surface area (Å²) < 4.78 is 29.9. The van der Waals surface area contributed by atoms with Gasteiger partial charge in [0.15, 0.2) is 9.84 Å². The van der Waals surface area contributed by atoms with E-state index < -0.39 is 27.3 Å². The number of allylic oxidation sites excluding steroid dienone is 2. The second-order valence-electron chi connectivity index (χ2n) is 8.91. The van der Waals surface area contributed by atoms with E-state index in [1.807, 2.05) is 0 Å².